The molecule has 6 heteroatoms. The molecule has 3 N–H and O–H groups in total. The normalized spacial score (nSPS) is 22.4. The summed E-state index contributed by atoms with van der Waals surface area (Å²) in [6, 6.07) is 10.5. The number of fused-ring (bicyclic) bond motifs is 1. The Morgan fingerprint density at radius 3 is 2.66 bits per heavy atom. The Morgan fingerprint density at radius 2 is 1.97 bits per heavy atom. The lowest BCUT2D eigenvalue weighted by Crippen LogP contribution is -2.50. The van der Waals surface area contributed by atoms with Gasteiger partial charge in [-0.3, -0.25) is 4.79 Å². The lowest BCUT2D eigenvalue weighted by Gasteiger charge is -2.39. The highest BCUT2D eigenvalue weighted by Gasteiger charge is 2.39. The fourth-order valence-electron chi connectivity index (χ4n) is 4.99. The molecule has 1 atom stereocenters. The molecule has 29 heavy (non-hydrogen) atoms. The molecule has 1 aliphatic heterocycles. The number of aromatic nitrogens is 2. The molecule has 0 saturated heterocycles. The Morgan fingerprint density at radius 1 is 1.24 bits per heavy atom. The molecule has 2 heterocycles. The van der Waals surface area contributed by atoms with Crippen molar-refractivity contribution in [3.8, 4) is 0 Å². The van der Waals surface area contributed by atoms with Crippen LogP contribution in [0.1, 0.15) is 80.8 Å². The summed E-state index contributed by atoms with van der Waals surface area (Å²) in [4.78, 5) is 13.3. The molecule has 156 valence electrons. The number of amides is 1. The molecule has 1 aromatic carbocycles. The maximum Gasteiger partial charge on any atom is 0.257 e. The van der Waals surface area contributed by atoms with Crippen LogP contribution < -0.4 is 10.6 Å². The highest BCUT2D eigenvalue weighted by Crippen LogP contribution is 2.40. The van der Waals surface area contributed by atoms with E-state index in [0.717, 1.165) is 37.9 Å². The van der Waals surface area contributed by atoms with Crippen LogP contribution in [0.15, 0.2) is 36.5 Å². The van der Waals surface area contributed by atoms with Crippen LogP contribution in [0.2, 0.25) is 0 Å². The van der Waals surface area contributed by atoms with Gasteiger partial charge in [0.2, 0.25) is 0 Å². The second kappa shape index (κ2) is 7.82. The first-order chi connectivity index (χ1) is 13.9. The van der Waals surface area contributed by atoms with Crippen molar-refractivity contribution < 1.29 is 9.90 Å². The number of anilines is 1. The number of benzene rings is 1. The Bertz CT molecular complexity index is 848. The molecule has 4 rings (SSSR count). The van der Waals surface area contributed by atoms with Crippen LogP contribution in [0.25, 0.3) is 0 Å². The molecular formula is C23H32N4O2. The SMILES string of the molecule is CC1(C)CC(c2ccccc2)Nc2c(C(=O)NC3(CCO)CCCCC3)cnn21. The van der Waals surface area contributed by atoms with Gasteiger partial charge in [0.25, 0.3) is 5.91 Å². The van der Waals surface area contributed by atoms with Crippen molar-refractivity contribution in [2.24, 2.45) is 0 Å². The third-order valence-electron chi connectivity index (χ3n) is 6.58. The number of aliphatic hydroxyl groups excluding tert-OH is 1. The number of nitrogens with one attached hydrogen (secondary N) is 2. The van der Waals surface area contributed by atoms with Crippen molar-refractivity contribution in [3.05, 3.63) is 47.7 Å². The third-order valence-corrected chi connectivity index (χ3v) is 6.58. The van der Waals surface area contributed by atoms with Gasteiger partial charge in [-0.25, -0.2) is 4.68 Å². The molecule has 6 nitrogen and oxygen atoms in total. The van der Waals surface area contributed by atoms with Crippen LogP contribution in [-0.4, -0.2) is 32.9 Å². The Labute approximate surface area is 172 Å². The van der Waals surface area contributed by atoms with Crippen LogP contribution in [0.3, 0.4) is 0 Å². The molecule has 1 aromatic heterocycles. The van der Waals surface area contributed by atoms with E-state index in [2.05, 4.69) is 41.7 Å². The highest BCUT2D eigenvalue weighted by molar-refractivity contribution is 5.99. The summed E-state index contributed by atoms with van der Waals surface area (Å²) in [6.07, 6.45) is 8.40. The van der Waals surface area contributed by atoms with E-state index in [0.29, 0.717) is 12.0 Å². The molecule has 1 saturated carbocycles. The summed E-state index contributed by atoms with van der Waals surface area (Å²) in [5, 5.41) is 21.0. The van der Waals surface area contributed by atoms with Crippen molar-refractivity contribution in [3.63, 3.8) is 0 Å². The quantitative estimate of drug-likeness (QED) is 0.714. The van der Waals surface area contributed by atoms with Crippen LogP contribution in [0.4, 0.5) is 5.82 Å². The molecule has 0 radical (unpaired) electrons. The average molecular weight is 397 g/mol. The summed E-state index contributed by atoms with van der Waals surface area (Å²) in [5.74, 6) is 0.682. The van der Waals surface area contributed by atoms with E-state index in [1.165, 1.54) is 12.0 Å². The zero-order valence-corrected chi connectivity index (χ0v) is 17.4. The molecule has 1 fully saturated rings. The standard InChI is InChI=1S/C23H32N4O2/c1-22(2)15-19(17-9-5-3-6-10-17)25-20-18(16-24-27(20)22)21(29)26-23(13-14-28)11-7-4-8-12-23/h3,5-6,9-10,16,19,25,28H,4,7-8,11-15H2,1-2H3,(H,26,29). The van der Waals surface area contributed by atoms with E-state index in [1.54, 1.807) is 6.20 Å². The molecule has 1 amide bonds. The predicted molar refractivity (Wildman–Crippen MR) is 114 cm³/mol. The number of carbonyl (C=O) groups excluding carboxylic acids is 1. The number of hydrogen-bond acceptors (Lipinski definition) is 4. The van der Waals surface area contributed by atoms with Crippen molar-refractivity contribution >= 4 is 11.7 Å². The number of nitrogens with zero attached hydrogens (tertiary/aromatic N) is 2. The van der Waals surface area contributed by atoms with Crippen LogP contribution in [0.5, 0.6) is 0 Å². The van der Waals surface area contributed by atoms with E-state index < -0.39 is 0 Å². The molecule has 1 aliphatic carbocycles. The molecule has 0 bridgehead atoms. The van der Waals surface area contributed by atoms with E-state index >= 15 is 0 Å². The molecule has 2 aliphatic rings. The van der Waals surface area contributed by atoms with Gasteiger partial charge in [-0.1, -0.05) is 49.6 Å². The van der Waals surface area contributed by atoms with Gasteiger partial charge < -0.3 is 15.7 Å². The van der Waals surface area contributed by atoms with Gasteiger partial charge in [0, 0.05) is 12.1 Å². The van der Waals surface area contributed by atoms with Gasteiger partial charge in [0.05, 0.1) is 17.8 Å². The number of aliphatic hydroxyl groups is 1. The minimum Gasteiger partial charge on any atom is -0.396 e. The highest BCUT2D eigenvalue weighted by atomic mass is 16.3. The van der Waals surface area contributed by atoms with Gasteiger partial charge in [-0.15, -0.1) is 0 Å². The van der Waals surface area contributed by atoms with Crippen LogP contribution in [0, 0.1) is 0 Å². The zero-order chi connectivity index (χ0) is 20.5. The first kappa shape index (κ1) is 20.0. The zero-order valence-electron chi connectivity index (χ0n) is 17.4. The first-order valence-corrected chi connectivity index (χ1v) is 10.8. The molecular weight excluding hydrogens is 364 g/mol. The number of rotatable bonds is 5. The topological polar surface area (TPSA) is 79.2 Å². The second-order valence-electron chi connectivity index (χ2n) is 9.21. The summed E-state index contributed by atoms with van der Waals surface area (Å²) in [5.41, 5.74) is 1.29. The van der Waals surface area contributed by atoms with Crippen molar-refractivity contribution in [1.82, 2.24) is 15.1 Å². The molecule has 2 aromatic rings. The number of hydrogen-bond donors (Lipinski definition) is 3. The fraction of sp³-hybridized carbons (Fsp3) is 0.565. The van der Waals surface area contributed by atoms with E-state index in [9.17, 15) is 9.90 Å². The van der Waals surface area contributed by atoms with Gasteiger partial charge in [-0.05, 0) is 45.1 Å². The Kier molecular flexibility index (Phi) is 5.38. The van der Waals surface area contributed by atoms with E-state index in [1.807, 2.05) is 22.9 Å². The average Bonchev–Trinajstić information content (AvgIpc) is 3.14. The summed E-state index contributed by atoms with van der Waals surface area (Å²) < 4.78 is 1.95. The minimum atomic E-state index is -0.304. The van der Waals surface area contributed by atoms with Crippen molar-refractivity contribution in [2.75, 3.05) is 11.9 Å². The molecule has 0 spiro atoms. The second-order valence-corrected chi connectivity index (χ2v) is 9.21. The Hall–Kier alpha value is -2.34. The van der Waals surface area contributed by atoms with Crippen molar-refractivity contribution in [2.45, 2.75) is 75.9 Å². The minimum absolute atomic E-state index is 0.0910. The summed E-state index contributed by atoms with van der Waals surface area (Å²) >= 11 is 0. The monoisotopic (exact) mass is 396 g/mol. The van der Waals surface area contributed by atoms with E-state index in [-0.39, 0.29) is 29.6 Å². The van der Waals surface area contributed by atoms with Gasteiger partial charge in [0.1, 0.15) is 11.4 Å². The number of carbonyl (C=O) groups is 1. The van der Waals surface area contributed by atoms with Crippen LogP contribution >= 0.6 is 0 Å². The summed E-state index contributed by atoms with van der Waals surface area (Å²) in [6.45, 7) is 4.42. The maximum absolute atomic E-state index is 13.3. The lowest BCUT2D eigenvalue weighted by atomic mass is 9.79. The third kappa shape index (κ3) is 3.90. The first-order valence-electron chi connectivity index (χ1n) is 10.8. The maximum atomic E-state index is 13.3. The summed E-state index contributed by atoms with van der Waals surface area (Å²) in [7, 11) is 0. The van der Waals surface area contributed by atoms with Crippen LogP contribution in [-0.2, 0) is 5.54 Å². The van der Waals surface area contributed by atoms with Crippen molar-refractivity contribution in [1.29, 1.82) is 0 Å². The smallest absolute Gasteiger partial charge is 0.257 e. The van der Waals surface area contributed by atoms with Gasteiger partial charge in [-0.2, -0.15) is 5.10 Å². The largest absolute Gasteiger partial charge is 0.396 e. The van der Waals surface area contributed by atoms with Gasteiger partial charge >= 0.3 is 0 Å². The fourth-order valence-corrected chi connectivity index (χ4v) is 4.99. The lowest BCUT2D eigenvalue weighted by molar-refractivity contribution is 0.0836. The Balaban J connectivity index is 1.62. The van der Waals surface area contributed by atoms with Gasteiger partial charge in [0.15, 0.2) is 0 Å². The molecule has 1 unspecified atom stereocenters. The van der Waals surface area contributed by atoms with E-state index in [4.69, 9.17) is 0 Å². The predicted octanol–water partition coefficient (Wildman–Crippen LogP) is 3.99.